The summed E-state index contributed by atoms with van der Waals surface area (Å²) >= 11 is 0. The van der Waals surface area contributed by atoms with Crippen LogP contribution in [0.4, 0.5) is 0 Å². The Labute approximate surface area is 147 Å². The lowest BCUT2D eigenvalue weighted by Crippen LogP contribution is -2.21. The zero-order valence-corrected chi connectivity index (χ0v) is 14.7. The number of benzene rings is 2. The number of ether oxygens (including phenoxy) is 3. The third kappa shape index (κ3) is 3.37. The Morgan fingerprint density at radius 1 is 1.04 bits per heavy atom. The molecule has 0 amide bonds. The third-order valence-electron chi connectivity index (χ3n) is 5.03. The summed E-state index contributed by atoms with van der Waals surface area (Å²) in [6.45, 7) is 4.49. The van der Waals surface area contributed by atoms with Crippen LogP contribution in [0, 0.1) is 11.8 Å². The van der Waals surface area contributed by atoms with E-state index in [0.717, 1.165) is 22.6 Å². The molecule has 0 aromatic heterocycles. The molecule has 0 bridgehead atoms. The molecule has 0 aliphatic carbocycles. The molecule has 0 saturated heterocycles. The fourth-order valence-corrected chi connectivity index (χ4v) is 3.29. The van der Waals surface area contributed by atoms with Gasteiger partial charge in [0.1, 0.15) is 0 Å². The summed E-state index contributed by atoms with van der Waals surface area (Å²) in [6, 6.07) is 11.3. The number of fused-ring (bicyclic) bond motifs is 1. The fourth-order valence-electron chi connectivity index (χ4n) is 3.29. The molecule has 1 heterocycles. The maximum atomic E-state index is 9.91. The maximum absolute atomic E-state index is 9.91. The smallest absolute Gasteiger partial charge is 0.231 e. The second-order valence-electron chi connectivity index (χ2n) is 6.54. The number of phenols is 1. The molecule has 0 radical (unpaired) electrons. The molecule has 2 aromatic carbocycles. The zero-order chi connectivity index (χ0) is 18.0. The fraction of sp³-hybridized carbons (Fsp3) is 0.400. The van der Waals surface area contributed by atoms with Crippen LogP contribution in [-0.4, -0.2) is 30.7 Å². The number of hydrogen-bond donors (Lipinski definition) is 2. The van der Waals surface area contributed by atoms with Crippen LogP contribution in [0.2, 0.25) is 0 Å². The number of phenolic OH excluding ortho intramolecular Hbond substituents is 1. The van der Waals surface area contributed by atoms with Crippen LogP contribution in [0.15, 0.2) is 36.4 Å². The van der Waals surface area contributed by atoms with E-state index in [4.69, 9.17) is 14.2 Å². The molecule has 134 valence electrons. The largest absolute Gasteiger partial charge is 0.504 e. The molecule has 3 rings (SSSR count). The van der Waals surface area contributed by atoms with Gasteiger partial charge in [0.2, 0.25) is 6.79 Å². The molecular formula is C20H24O5. The minimum absolute atomic E-state index is 0.0196. The topological polar surface area (TPSA) is 68.2 Å². The van der Waals surface area contributed by atoms with Crippen LogP contribution in [0.25, 0.3) is 0 Å². The van der Waals surface area contributed by atoms with E-state index in [1.807, 2.05) is 37.3 Å². The molecule has 1 aliphatic heterocycles. The molecule has 0 fully saturated rings. The normalized spacial score (nSPS) is 16.3. The van der Waals surface area contributed by atoms with Crippen molar-refractivity contribution in [1.29, 1.82) is 0 Å². The van der Waals surface area contributed by atoms with Crippen LogP contribution < -0.4 is 14.2 Å². The van der Waals surface area contributed by atoms with Crippen LogP contribution >= 0.6 is 0 Å². The van der Waals surface area contributed by atoms with Gasteiger partial charge in [0.15, 0.2) is 23.0 Å². The van der Waals surface area contributed by atoms with E-state index in [1.165, 1.54) is 7.11 Å². The van der Waals surface area contributed by atoms with Crippen LogP contribution in [0.3, 0.4) is 0 Å². The van der Waals surface area contributed by atoms with E-state index in [0.29, 0.717) is 5.75 Å². The molecular weight excluding hydrogens is 320 g/mol. The van der Waals surface area contributed by atoms with Gasteiger partial charge in [-0.3, -0.25) is 0 Å². The van der Waals surface area contributed by atoms with Crippen molar-refractivity contribution in [2.24, 2.45) is 11.8 Å². The van der Waals surface area contributed by atoms with E-state index < -0.39 is 0 Å². The van der Waals surface area contributed by atoms with E-state index in [1.54, 1.807) is 6.07 Å². The van der Waals surface area contributed by atoms with Gasteiger partial charge in [0, 0.05) is 12.5 Å². The number of aliphatic hydroxyl groups excluding tert-OH is 1. The zero-order valence-electron chi connectivity index (χ0n) is 14.7. The lowest BCUT2D eigenvalue weighted by Gasteiger charge is -2.29. The predicted octanol–water partition coefficient (Wildman–Crippen LogP) is 3.53. The molecule has 0 saturated carbocycles. The minimum atomic E-state index is 0.0196. The van der Waals surface area contributed by atoms with Crippen molar-refractivity contribution in [3.8, 4) is 23.0 Å². The molecule has 2 aromatic rings. The first kappa shape index (κ1) is 17.4. The molecule has 2 N–H and O–H groups in total. The van der Waals surface area contributed by atoms with Crippen molar-refractivity contribution < 1.29 is 24.4 Å². The Balaban J connectivity index is 2.06. The third-order valence-corrected chi connectivity index (χ3v) is 5.03. The first-order chi connectivity index (χ1) is 12.0. The number of hydrogen-bond acceptors (Lipinski definition) is 5. The summed E-state index contributed by atoms with van der Waals surface area (Å²) < 4.78 is 16.2. The van der Waals surface area contributed by atoms with Crippen molar-refractivity contribution in [3.63, 3.8) is 0 Å². The molecule has 0 spiro atoms. The predicted molar refractivity (Wildman–Crippen MR) is 94.5 cm³/mol. The Kier molecular flexibility index (Phi) is 5.04. The number of aromatic hydroxyl groups is 1. The van der Waals surface area contributed by atoms with E-state index in [-0.39, 0.29) is 36.9 Å². The van der Waals surface area contributed by atoms with E-state index in [9.17, 15) is 10.2 Å². The standard InChI is InChI=1S/C20H24O5/c1-12(10-21)13(2)20(14-4-6-16(22)18(8-14)23-3)15-5-7-17-19(9-15)25-11-24-17/h4-9,12-13,20-22H,10-11H2,1-3H3/t12-,13-,20+/m0/s1. The van der Waals surface area contributed by atoms with Gasteiger partial charge in [-0.1, -0.05) is 26.0 Å². The summed E-state index contributed by atoms with van der Waals surface area (Å²) in [5.74, 6) is 2.32. The monoisotopic (exact) mass is 344 g/mol. The molecule has 5 nitrogen and oxygen atoms in total. The average Bonchev–Trinajstić information content (AvgIpc) is 3.10. The Morgan fingerprint density at radius 2 is 1.72 bits per heavy atom. The Bertz CT molecular complexity index is 732. The van der Waals surface area contributed by atoms with Crippen LogP contribution in [0.1, 0.15) is 30.9 Å². The van der Waals surface area contributed by atoms with Gasteiger partial charge in [0.25, 0.3) is 0 Å². The highest BCUT2D eigenvalue weighted by Gasteiger charge is 2.28. The van der Waals surface area contributed by atoms with Crippen LogP contribution in [-0.2, 0) is 0 Å². The van der Waals surface area contributed by atoms with Gasteiger partial charge in [-0.2, -0.15) is 0 Å². The summed E-state index contributed by atoms with van der Waals surface area (Å²) in [7, 11) is 1.54. The average molecular weight is 344 g/mol. The lowest BCUT2D eigenvalue weighted by molar-refractivity contribution is 0.173. The van der Waals surface area contributed by atoms with Crippen molar-refractivity contribution >= 4 is 0 Å². The first-order valence-corrected chi connectivity index (χ1v) is 8.42. The summed E-state index contributed by atoms with van der Waals surface area (Å²) in [6.07, 6.45) is 0. The van der Waals surface area contributed by atoms with Gasteiger partial charge in [-0.25, -0.2) is 0 Å². The van der Waals surface area contributed by atoms with Gasteiger partial charge in [-0.05, 0) is 47.2 Å². The second kappa shape index (κ2) is 7.23. The molecule has 1 aliphatic rings. The van der Waals surface area contributed by atoms with Crippen molar-refractivity contribution in [2.75, 3.05) is 20.5 Å². The number of methoxy groups -OCH3 is 1. The summed E-state index contributed by atoms with van der Waals surface area (Å²) in [5, 5.41) is 19.5. The van der Waals surface area contributed by atoms with Crippen molar-refractivity contribution in [1.82, 2.24) is 0 Å². The van der Waals surface area contributed by atoms with E-state index >= 15 is 0 Å². The minimum Gasteiger partial charge on any atom is -0.504 e. The van der Waals surface area contributed by atoms with E-state index in [2.05, 4.69) is 6.92 Å². The van der Waals surface area contributed by atoms with Gasteiger partial charge in [0.05, 0.1) is 7.11 Å². The molecule has 5 heteroatoms. The highest BCUT2D eigenvalue weighted by atomic mass is 16.7. The van der Waals surface area contributed by atoms with Gasteiger partial charge < -0.3 is 24.4 Å². The SMILES string of the molecule is COc1cc([C@H](c2ccc3c(c2)OCO3)[C@@H](C)[C@@H](C)CO)ccc1O. The molecule has 25 heavy (non-hydrogen) atoms. The highest BCUT2D eigenvalue weighted by molar-refractivity contribution is 5.50. The molecule has 0 unspecified atom stereocenters. The molecule has 3 atom stereocenters. The quantitative estimate of drug-likeness (QED) is 0.839. The van der Waals surface area contributed by atoms with Crippen molar-refractivity contribution in [2.45, 2.75) is 19.8 Å². The van der Waals surface area contributed by atoms with Crippen molar-refractivity contribution in [3.05, 3.63) is 47.5 Å². The Morgan fingerprint density at radius 3 is 2.44 bits per heavy atom. The first-order valence-electron chi connectivity index (χ1n) is 8.42. The summed E-state index contributed by atoms with van der Waals surface area (Å²) in [4.78, 5) is 0. The number of rotatable bonds is 6. The number of aliphatic hydroxyl groups is 1. The van der Waals surface area contributed by atoms with Crippen LogP contribution in [0.5, 0.6) is 23.0 Å². The lowest BCUT2D eigenvalue weighted by atomic mass is 9.76. The summed E-state index contributed by atoms with van der Waals surface area (Å²) in [5.41, 5.74) is 2.09. The van der Waals surface area contributed by atoms with Gasteiger partial charge >= 0.3 is 0 Å². The second-order valence-corrected chi connectivity index (χ2v) is 6.54. The Hall–Kier alpha value is -2.40. The highest BCUT2D eigenvalue weighted by Crippen LogP contribution is 2.42. The van der Waals surface area contributed by atoms with Gasteiger partial charge in [-0.15, -0.1) is 0 Å². The maximum Gasteiger partial charge on any atom is 0.231 e.